The van der Waals surface area contributed by atoms with Gasteiger partial charge in [0, 0.05) is 26.3 Å². The Bertz CT molecular complexity index is 944. The second-order valence-electron chi connectivity index (χ2n) is 8.27. The van der Waals surface area contributed by atoms with Gasteiger partial charge in [0.2, 0.25) is 0 Å². The van der Waals surface area contributed by atoms with Crippen molar-refractivity contribution in [1.82, 2.24) is 10.3 Å². The average Bonchev–Trinajstić information content (AvgIpc) is 3.16. The third-order valence-electron chi connectivity index (χ3n) is 5.76. The van der Waals surface area contributed by atoms with E-state index in [9.17, 15) is 4.79 Å². The van der Waals surface area contributed by atoms with Crippen molar-refractivity contribution in [2.45, 2.75) is 13.1 Å². The maximum absolute atomic E-state index is 12.4. The fraction of sp³-hybridized carbons (Fsp3) is 0.391. The second kappa shape index (κ2) is 9.55. The Balaban J connectivity index is 1.19. The number of hydrogen-bond acceptors (Lipinski definition) is 4. The number of carbonyl (C=O) groups excluding carboxylic acids is 1. The molecule has 1 fully saturated rings. The number of hydrogen-bond donors (Lipinski definition) is 3. The van der Waals surface area contributed by atoms with Crippen LogP contribution in [0.15, 0.2) is 48.5 Å². The van der Waals surface area contributed by atoms with Crippen LogP contribution in [0.25, 0.3) is 10.2 Å². The summed E-state index contributed by atoms with van der Waals surface area (Å²) < 4.78 is 1.27. The Labute approximate surface area is 182 Å². The van der Waals surface area contributed by atoms with Gasteiger partial charge in [0.25, 0.3) is 5.91 Å². The predicted octanol–water partition coefficient (Wildman–Crippen LogP) is -0.0379. The molecule has 0 radical (unpaired) electrons. The van der Waals surface area contributed by atoms with E-state index in [0.717, 1.165) is 43.8 Å². The van der Waals surface area contributed by atoms with Crippen LogP contribution in [0.4, 0.5) is 5.69 Å². The van der Waals surface area contributed by atoms with Crippen LogP contribution in [0.2, 0.25) is 0 Å². The van der Waals surface area contributed by atoms with Gasteiger partial charge >= 0.3 is 0 Å². The lowest BCUT2D eigenvalue weighted by Crippen LogP contribution is -3.28. The minimum atomic E-state index is 0.135. The minimum Gasteiger partial charge on any atom is -0.378 e. The Morgan fingerprint density at radius 1 is 1.03 bits per heavy atom. The summed E-state index contributed by atoms with van der Waals surface area (Å²) >= 11 is 1.80. The van der Waals surface area contributed by atoms with Crippen molar-refractivity contribution in [3.05, 3.63) is 59.1 Å². The Kier molecular flexibility index (Phi) is 6.62. The van der Waals surface area contributed by atoms with Crippen molar-refractivity contribution in [3.8, 4) is 0 Å². The predicted molar refractivity (Wildman–Crippen MR) is 122 cm³/mol. The number of nitrogens with one attached hydrogen (secondary N) is 3. The number of piperazine rings is 1. The molecule has 0 atom stereocenters. The zero-order valence-corrected chi connectivity index (χ0v) is 18.6. The van der Waals surface area contributed by atoms with Gasteiger partial charge in [0.05, 0.1) is 10.2 Å². The van der Waals surface area contributed by atoms with Crippen molar-refractivity contribution >= 4 is 33.1 Å². The van der Waals surface area contributed by atoms with Gasteiger partial charge in [-0.15, -0.1) is 11.3 Å². The van der Waals surface area contributed by atoms with Gasteiger partial charge in [-0.25, -0.2) is 4.98 Å². The number of benzene rings is 2. The van der Waals surface area contributed by atoms with Gasteiger partial charge in [-0.05, 0) is 29.8 Å². The van der Waals surface area contributed by atoms with Crippen LogP contribution in [-0.4, -0.2) is 57.7 Å². The molecule has 3 aromatic rings. The van der Waals surface area contributed by atoms with Gasteiger partial charge in [-0.1, -0.05) is 24.3 Å². The first kappa shape index (κ1) is 20.8. The third kappa shape index (κ3) is 5.36. The zero-order valence-electron chi connectivity index (χ0n) is 17.8. The minimum absolute atomic E-state index is 0.135. The Morgan fingerprint density at radius 3 is 2.43 bits per heavy atom. The summed E-state index contributed by atoms with van der Waals surface area (Å²) in [6.45, 7) is 6.38. The zero-order chi connectivity index (χ0) is 20.9. The average molecular weight is 426 g/mol. The molecule has 0 aliphatic carbocycles. The number of anilines is 1. The highest BCUT2D eigenvalue weighted by atomic mass is 32.1. The number of quaternary nitrogens is 2. The SMILES string of the molecule is CN(C)c1ccc(CNC(=O)C[NH+]2CC[NH+](Cc3nc4ccccc4s3)CC2)cc1. The smallest absolute Gasteiger partial charge is 0.275 e. The number of carbonyl (C=O) groups is 1. The van der Waals surface area contributed by atoms with E-state index < -0.39 is 0 Å². The highest BCUT2D eigenvalue weighted by Gasteiger charge is 2.25. The second-order valence-corrected chi connectivity index (χ2v) is 9.38. The molecule has 7 heteroatoms. The molecule has 0 spiro atoms. The van der Waals surface area contributed by atoms with Crippen molar-refractivity contribution in [3.63, 3.8) is 0 Å². The van der Waals surface area contributed by atoms with Crippen LogP contribution in [0.3, 0.4) is 0 Å². The van der Waals surface area contributed by atoms with E-state index in [1.54, 1.807) is 16.2 Å². The molecule has 30 heavy (non-hydrogen) atoms. The standard InChI is InChI=1S/C23H29N5OS/c1-26(2)19-9-7-18(8-10-19)15-24-22(29)16-27-11-13-28(14-12-27)17-23-25-20-5-3-4-6-21(20)30-23/h3-10H,11-17H2,1-2H3,(H,24,29)/p+2. The van der Waals surface area contributed by atoms with Crippen LogP contribution in [0.5, 0.6) is 0 Å². The van der Waals surface area contributed by atoms with E-state index in [-0.39, 0.29) is 5.91 Å². The van der Waals surface area contributed by atoms with Crippen molar-refractivity contribution in [2.24, 2.45) is 0 Å². The molecule has 1 aliphatic rings. The summed E-state index contributed by atoms with van der Waals surface area (Å²) in [6.07, 6.45) is 0. The monoisotopic (exact) mass is 425 g/mol. The fourth-order valence-electron chi connectivity index (χ4n) is 3.92. The summed E-state index contributed by atoms with van der Waals surface area (Å²) in [4.78, 5) is 22.2. The molecule has 0 saturated carbocycles. The summed E-state index contributed by atoms with van der Waals surface area (Å²) in [5.41, 5.74) is 3.41. The molecule has 4 rings (SSSR count). The fourth-order valence-corrected chi connectivity index (χ4v) is 4.96. The first-order valence-corrected chi connectivity index (χ1v) is 11.4. The lowest BCUT2D eigenvalue weighted by molar-refractivity contribution is -1.02. The number of amides is 1. The van der Waals surface area contributed by atoms with Gasteiger partial charge in [0.15, 0.2) is 6.54 Å². The summed E-state index contributed by atoms with van der Waals surface area (Å²) in [5, 5.41) is 4.29. The van der Waals surface area contributed by atoms with Gasteiger partial charge in [-0.3, -0.25) is 4.79 Å². The van der Waals surface area contributed by atoms with Crippen LogP contribution in [0.1, 0.15) is 10.6 Å². The number of aromatic nitrogens is 1. The van der Waals surface area contributed by atoms with E-state index in [2.05, 4.69) is 52.7 Å². The Hall–Kier alpha value is -2.48. The number of thiazole rings is 1. The normalized spacial score (nSPS) is 19.0. The van der Waals surface area contributed by atoms with E-state index in [1.165, 1.54) is 20.3 Å². The Morgan fingerprint density at radius 2 is 1.73 bits per heavy atom. The molecule has 1 saturated heterocycles. The lowest BCUT2D eigenvalue weighted by Gasteiger charge is -2.28. The lowest BCUT2D eigenvalue weighted by atomic mass is 10.2. The molecular formula is C23H31N5OS+2. The number of nitrogens with zero attached hydrogens (tertiary/aromatic N) is 2. The maximum Gasteiger partial charge on any atom is 0.275 e. The molecule has 1 aliphatic heterocycles. The van der Waals surface area contributed by atoms with E-state index in [1.807, 2.05) is 20.2 Å². The van der Waals surface area contributed by atoms with Crippen LogP contribution < -0.4 is 20.0 Å². The number of fused-ring (bicyclic) bond motifs is 1. The van der Waals surface area contributed by atoms with Crippen molar-refractivity contribution < 1.29 is 14.6 Å². The largest absolute Gasteiger partial charge is 0.378 e. The highest BCUT2D eigenvalue weighted by Crippen LogP contribution is 2.20. The van der Waals surface area contributed by atoms with E-state index >= 15 is 0 Å². The van der Waals surface area contributed by atoms with Crippen LogP contribution >= 0.6 is 11.3 Å². The highest BCUT2D eigenvalue weighted by molar-refractivity contribution is 7.18. The van der Waals surface area contributed by atoms with Gasteiger partial charge < -0.3 is 20.0 Å². The molecule has 158 valence electrons. The molecule has 1 aromatic heterocycles. The summed E-state index contributed by atoms with van der Waals surface area (Å²) in [6, 6.07) is 16.7. The molecule has 6 nitrogen and oxygen atoms in total. The number of para-hydroxylation sites is 1. The molecular weight excluding hydrogens is 394 g/mol. The number of rotatable bonds is 7. The van der Waals surface area contributed by atoms with Crippen LogP contribution in [-0.2, 0) is 17.9 Å². The topological polar surface area (TPSA) is 54.1 Å². The van der Waals surface area contributed by atoms with E-state index in [0.29, 0.717) is 13.1 Å². The quantitative estimate of drug-likeness (QED) is 0.498. The molecule has 0 unspecified atom stereocenters. The maximum atomic E-state index is 12.4. The van der Waals surface area contributed by atoms with Crippen LogP contribution in [0, 0.1) is 0 Å². The summed E-state index contributed by atoms with van der Waals surface area (Å²) in [5.74, 6) is 0.135. The summed E-state index contributed by atoms with van der Waals surface area (Å²) in [7, 11) is 4.06. The van der Waals surface area contributed by atoms with Crippen molar-refractivity contribution in [1.29, 1.82) is 0 Å². The van der Waals surface area contributed by atoms with E-state index in [4.69, 9.17) is 4.98 Å². The molecule has 0 bridgehead atoms. The molecule has 2 aromatic carbocycles. The molecule has 1 amide bonds. The molecule has 3 N–H and O–H groups in total. The molecule has 2 heterocycles. The third-order valence-corrected chi connectivity index (χ3v) is 6.79. The first-order valence-electron chi connectivity index (χ1n) is 10.6. The first-order chi connectivity index (χ1) is 14.6. The van der Waals surface area contributed by atoms with Gasteiger partial charge in [-0.2, -0.15) is 0 Å². The van der Waals surface area contributed by atoms with Crippen molar-refractivity contribution in [2.75, 3.05) is 51.7 Å². The van der Waals surface area contributed by atoms with Gasteiger partial charge in [0.1, 0.15) is 37.7 Å².